The number of nitrogens with zero attached hydrogens (tertiary/aromatic N) is 1. The van der Waals surface area contributed by atoms with Crippen molar-refractivity contribution in [3.63, 3.8) is 0 Å². The molecule has 0 aromatic carbocycles. The molecule has 2 unspecified atom stereocenters. The molecule has 0 aliphatic heterocycles. The zero-order valence-electron chi connectivity index (χ0n) is 54.8. The summed E-state index contributed by atoms with van der Waals surface area (Å²) in [4.78, 5) is 37.6. The third kappa shape index (κ3) is 65.9. The summed E-state index contributed by atoms with van der Waals surface area (Å²) in [6, 6.07) is 0. The maximum atomic E-state index is 12.9. The quantitative estimate of drug-likeness (QED) is 0.0211. The Bertz CT molecular complexity index is 1640. The molecule has 1 N–H and O–H groups in total. The molecule has 9 nitrogen and oxygen atoms in total. The van der Waals surface area contributed by atoms with Crippen molar-refractivity contribution in [3.8, 4) is 0 Å². The number of carboxylic acids is 1. The standard InChI is InChI=1S/C74H131NO8/c1-6-8-10-12-14-16-18-20-22-24-26-28-30-32-33-34-35-36-37-38-39-41-42-44-46-48-50-52-54-56-58-60-62-64-71(76)81-68-70(69-82-74(73(78)79)80-67-66-75(3,4)5)83-72(77)65-63-61-59-57-55-53-51-49-47-45-43-40-31-29-27-25-23-21-19-17-15-13-11-9-7-2/h9,11,15,17,21,23-24,26-27,29,40,43,47,49,70,74H,6-8,10,12-14,16,18-20,22,25,28,30-39,41-42,44-46,48,50-69H2,1-5H3/p+1/b11-9-,17-15-,23-21-,26-24-,29-27-,43-40-,49-47-. The zero-order valence-corrected chi connectivity index (χ0v) is 54.8. The molecule has 0 aliphatic carbocycles. The molecule has 2 atom stereocenters. The summed E-state index contributed by atoms with van der Waals surface area (Å²) < 4.78 is 23.0. The fourth-order valence-electron chi connectivity index (χ4n) is 9.84. The maximum Gasteiger partial charge on any atom is 0.361 e. The molecular formula is C74H132NO8+. The van der Waals surface area contributed by atoms with Crippen molar-refractivity contribution in [2.45, 2.75) is 322 Å². The SMILES string of the molecule is CC/C=C\C/C=C\C/C=C\C/C=C\C/C=C\C/C=C\CCCCCCCCC(=O)OC(COC(=O)CCCCCCCCCCCCCCCCCCCCCCC/C=C\CCCCCCCCCC)COC(OCC[N+](C)(C)C)C(=O)O. The van der Waals surface area contributed by atoms with Gasteiger partial charge in [0.2, 0.25) is 0 Å². The fraction of sp³-hybridized carbons (Fsp3) is 0.770. The van der Waals surface area contributed by atoms with E-state index in [0.717, 1.165) is 96.3 Å². The van der Waals surface area contributed by atoms with Gasteiger partial charge in [-0.1, -0.05) is 292 Å². The topological polar surface area (TPSA) is 108 Å². The Morgan fingerprint density at radius 3 is 1.04 bits per heavy atom. The van der Waals surface area contributed by atoms with E-state index in [1.807, 2.05) is 21.1 Å². The van der Waals surface area contributed by atoms with Gasteiger partial charge >= 0.3 is 17.9 Å². The monoisotopic (exact) mass is 1160 g/mol. The van der Waals surface area contributed by atoms with Crippen molar-refractivity contribution in [1.82, 2.24) is 0 Å². The minimum atomic E-state index is -1.52. The van der Waals surface area contributed by atoms with E-state index < -0.39 is 24.3 Å². The van der Waals surface area contributed by atoms with E-state index in [1.165, 1.54) is 180 Å². The molecule has 0 spiro atoms. The van der Waals surface area contributed by atoms with E-state index in [-0.39, 0.29) is 32.2 Å². The highest BCUT2D eigenvalue weighted by atomic mass is 16.7. The van der Waals surface area contributed by atoms with Crippen LogP contribution in [0.3, 0.4) is 0 Å². The normalized spacial score (nSPS) is 13.2. The number of hydrogen-bond acceptors (Lipinski definition) is 7. The summed E-state index contributed by atoms with van der Waals surface area (Å²) in [6.45, 7) is 4.78. The summed E-state index contributed by atoms with van der Waals surface area (Å²) >= 11 is 0. The van der Waals surface area contributed by atoms with Crippen LogP contribution in [0, 0.1) is 0 Å². The van der Waals surface area contributed by atoms with Crippen LogP contribution >= 0.6 is 0 Å². The second-order valence-corrected chi connectivity index (χ2v) is 24.5. The molecule has 0 saturated carbocycles. The second kappa shape index (κ2) is 64.5. The van der Waals surface area contributed by atoms with Gasteiger partial charge in [-0.15, -0.1) is 0 Å². The molecule has 0 radical (unpaired) electrons. The van der Waals surface area contributed by atoms with E-state index in [9.17, 15) is 19.5 Å². The van der Waals surface area contributed by atoms with E-state index in [0.29, 0.717) is 23.9 Å². The van der Waals surface area contributed by atoms with Crippen LogP contribution < -0.4 is 0 Å². The van der Waals surface area contributed by atoms with Gasteiger partial charge in [0, 0.05) is 12.8 Å². The van der Waals surface area contributed by atoms with Crippen LogP contribution in [0.5, 0.6) is 0 Å². The largest absolute Gasteiger partial charge is 0.477 e. The first-order valence-electron chi connectivity index (χ1n) is 34.8. The zero-order chi connectivity index (χ0) is 60.5. The van der Waals surface area contributed by atoms with Crippen LogP contribution in [0.4, 0.5) is 0 Å². The van der Waals surface area contributed by atoms with Gasteiger partial charge in [0.15, 0.2) is 6.10 Å². The predicted octanol–water partition coefficient (Wildman–Crippen LogP) is 21.5. The number of likely N-dealkylation sites (N-methyl/N-ethyl adjacent to an activating group) is 1. The number of allylic oxidation sites excluding steroid dienone is 14. The van der Waals surface area contributed by atoms with Crippen molar-refractivity contribution in [3.05, 3.63) is 85.1 Å². The summed E-state index contributed by atoms with van der Waals surface area (Å²) in [7, 11) is 5.97. The number of carbonyl (C=O) groups is 3. The molecule has 0 rings (SSSR count). The lowest BCUT2D eigenvalue weighted by molar-refractivity contribution is -0.870. The average Bonchev–Trinajstić information content (AvgIpc) is 3.46. The number of unbranched alkanes of at least 4 members (excludes halogenated alkanes) is 35. The van der Waals surface area contributed by atoms with Crippen molar-refractivity contribution in [2.75, 3.05) is 47.5 Å². The summed E-state index contributed by atoms with van der Waals surface area (Å²) in [6.07, 6.45) is 84.1. The van der Waals surface area contributed by atoms with Crippen LogP contribution in [-0.2, 0) is 33.3 Å². The molecule has 0 amide bonds. The highest BCUT2D eigenvalue weighted by molar-refractivity contribution is 5.71. The van der Waals surface area contributed by atoms with Crippen molar-refractivity contribution < 1.29 is 42.9 Å². The van der Waals surface area contributed by atoms with Gasteiger partial charge in [-0.05, 0) is 89.9 Å². The number of aliphatic carboxylic acids is 1. The fourth-order valence-corrected chi connectivity index (χ4v) is 9.84. The highest BCUT2D eigenvalue weighted by Crippen LogP contribution is 2.18. The van der Waals surface area contributed by atoms with Crippen LogP contribution in [0.1, 0.15) is 309 Å². The highest BCUT2D eigenvalue weighted by Gasteiger charge is 2.25. The Hall–Kier alpha value is -3.53. The Morgan fingerprint density at radius 2 is 0.687 bits per heavy atom. The first kappa shape index (κ1) is 79.5. The molecule has 9 heteroatoms. The van der Waals surface area contributed by atoms with Crippen LogP contribution in [0.2, 0.25) is 0 Å². The number of quaternary nitrogens is 1. The van der Waals surface area contributed by atoms with Gasteiger partial charge in [-0.25, -0.2) is 4.79 Å². The molecule has 0 heterocycles. The van der Waals surface area contributed by atoms with E-state index in [1.54, 1.807) is 0 Å². The minimum Gasteiger partial charge on any atom is -0.477 e. The van der Waals surface area contributed by atoms with Gasteiger partial charge in [0.25, 0.3) is 6.29 Å². The molecule has 480 valence electrons. The lowest BCUT2D eigenvalue weighted by Gasteiger charge is -2.25. The lowest BCUT2D eigenvalue weighted by atomic mass is 10.0. The van der Waals surface area contributed by atoms with Gasteiger partial charge < -0.3 is 28.5 Å². The van der Waals surface area contributed by atoms with Gasteiger partial charge in [0.05, 0.1) is 34.4 Å². The molecule has 0 aromatic rings. The average molecular weight is 1160 g/mol. The van der Waals surface area contributed by atoms with Crippen molar-refractivity contribution >= 4 is 17.9 Å². The number of carboxylic acid groups (broad SMARTS) is 1. The van der Waals surface area contributed by atoms with Crippen LogP contribution in [0.25, 0.3) is 0 Å². The first-order valence-corrected chi connectivity index (χ1v) is 34.8. The van der Waals surface area contributed by atoms with E-state index >= 15 is 0 Å². The molecular weight excluding hydrogens is 1030 g/mol. The molecule has 0 aliphatic rings. The summed E-state index contributed by atoms with van der Waals surface area (Å²) in [5, 5.41) is 9.74. The molecule has 0 bridgehead atoms. The second-order valence-electron chi connectivity index (χ2n) is 24.5. The maximum absolute atomic E-state index is 12.9. The Kier molecular flexibility index (Phi) is 61.7. The van der Waals surface area contributed by atoms with Crippen molar-refractivity contribution in [1.29, 1.82) is 0 Å². The molecule has 0 aromatic heterocycles. The first-order chi connectivity index (χ1) is 40.6. The number of rotatable bonds is 64. The van der Waals surface area contributed by atoms with Gasteiger partial charge in [0.1, 0.15) is 13.2 Å². The Balaban J connectivity index is 4.11. The van der Waals surface area contributed by atoms with Gasteiger partial charge in [-0.2, -0.15) is 0 Å². The lowest BCUT2D eigenvalue weighted by Crippen LogP contribution is -2.40. The molecule has 0 fully saturated rings. The predicted molar refractivity (Wildman–Crippen MR) is 355 cm³/mol. The summed E-state index contributed by atoms with van der Waals surface area (Å²) in [5.74, 6) is -2.02. The van der Waals surface area contributed by atoms with Crippen LogP contribution in [0.15, 0.2) is 85.1 Å². The van der Waals surface area contributed by atoms with Crippen LogP contribution in [-0.4, -0.2) is 87.4 Å². The van der Waals surface area contributed by atoms with Gasteiger partial charge in [-0.3, -0.25) is 9.59 Å². The smallest absolute Gasteiger partial charge is 0.361 e. The Morgan fingerprint density at radius 1 is 0.373 bits per heavy atom. The third-order valence-corrected chi connectivity index (χ3v) is 15.1. The summed E-state index contributed by atoms with van der Waals surface area (Å²) in [5.41, 5.74) is 0. The minimum absolute atomic E-state index is 0.182. The molecule has 0 saturated heterocycles. The van der Waals surface area contributed by atoms with E-state index in [2.05, 4.69) is 98.9 Å². The van der Waals surface area contributed by atoms with Crippen molar-refractivity contribution in [2.24, 2.45) is 0 Å². The number of hydrogen-bond donors (Lipinski definition) is 1. The number of carbonyl (C=O) groups excluding carboxylic acids is 2. The van der Waals surface area contributed by atoms with E-state index in [4.69, 9.17) is 18.9 Å². The molecule has 83 heavy (non-hydrogen) atoms. The number of ether oxygens (including phenoxy) is 4. The number of esters is 2. The Labute approximate surface area is 512 Å². The third-order valence-electron chi connectivity index (χ3n) is 15.1.